The normalized spacial score (nSPS) is 23.3. The second-order valence-electron chi connectivity index (χ2n) is 9.27. The van der Waals surface area contributed by atoms with Crippen molar-refractivity contribution in [1.82, 2.24) is 0 Å². The van der Waals surface area contributed by atoms with Crippen molar-refractivity contribution in [2.45, 2.75) is 70.6 Å². The second-order valence-corrected chi connectivity index (χ2v) is 10.7. The maximum Gasteiger partial charge on any atom is 0.309 e. The van der Waals surface area contributed by atoms with Crippen molar-refractivity contribution in [3.63, 3.8) is 0 Å². The van der Waals surface area contributed by atoms with Crippen LogP contribution in [0.15, 0.2) is 70.5 Å². The van der Waals surface area contributed by atoms with Crippen LogP contribution in [0.2, 0.25) is 0 Å². The highest BCUT2D eigenvalue weighted by atomic mass is 31.0. The fourth-order valence-corrected chi connectivity index (χ4v) is 3.78. The smallest absolute Gasteiger partial charge is 0.309 e. The third kappa shape index (κ3) is 5.19. The molecule has 2 nitrogen and oxygen atoms in total. The Kier molecular flexibility index (Phi) is 6.57. The summed E-state index contributed by atoms with van der Waals surface area (Å²) < 4.78 is 6.29. The molecule has 0 aromatic heterocycles. The van der Waals surface area contributed by atoms with Crippen LogP contribution in [0.1, 0.15) is 59.8 Å². The molecule has 0 spiro atoms. The van der Waals surface area contributed by atoms with Gasteiger partial charge in [-0.2, -0.15) is 0 Å². The van der Waals surface area contributed by atoms with E-state index in [-0.39, 0.29) is 10.8 Å². The molecule has 2 atom stereocenters. The summed E-state index contributed by atoms with van der Waals surface area (Å²) in [6, 6.07) is 0. The van der Waals surface area contributed by atoms with Crippen LogP contribution in [0, 0.1) is 5.92 Å². The van der Waals surface area contributed by atoms with Gasteiger partial charge >= 0.3 is 7.48 Å². The van der Waals surface area contributed by atoms with Gasteiger partial charge in [-0.3, -0.25) is 0 Å². The van der Waals surface area contributed by atoms with Crippen molar-refractivity contribution < 1.29 is 9.76 Å². The summed E-state index contributed by atoms with van der Waals surface area (Å²) in [6.45, 7) is 8.72. The largest absolute Gasteiger partial charge is 0.512 e. The summed E-state index contributed by atoms with van der Waals surface area (Å²) in [4.78, 5) is 0. The van der Waals surface area contributed by atoms with Crippen molar-refractivity contribution in [1.29, 1.82) is 0 Å². The van der Waals surface area contributed by atoms with Crippen LogP contribution in [0.3, 0.4) is 0 Å². The number of aliphatic hydroxyl groups is 1. The maximum atomic E-state index is 9.87. The van der Waals surface area contributed by atoms with Gasteiger partial charge in [0.1, 0.15) is 0 Å². The lowest BCUT2D eigenvalue weighted by atomic mass is 9.76. The lowest BCUT2D eigenvalue weighted by Gasteiger charge is -2.39. The van der Waals surface area contributed by atoms with E-state index in [0.717, 1.165) is 25.7 Å². The Bertz CT molecular complexity index is 788. The minimum atomic E-state index is -0.202. The van der Waals surface area contributed by atoms with Crippen LogP contribution in [0.5, 0.6) is 0 Å². The molecule has 0 radical (unpaired) electrons. The van der Waals surface area contributed by atoms with Gasteiger partial charge in [-0.15, -0.1) is 9.24 Å². The first kappa shape index (κ1) is 21.4. The molecule has 3 aliphatic rings. The van der Waals surface area contributed by atoms with E-state index >= 15 is 0 Å². The van der Waals surface area contributed by atoms with Gasteiger partial charge in [0.15, 0.2) is 0 Å². The highest BCUT2D eigenvalue weighted by Crippen LogP contribution is 2.36. The zero-order chi connectivity index (χ0) is 20.4. The van der Waals surface area contributed by atoms with E-state index in [1.165, 1.54) is 22.2 Å². The van der Waals surface area contributed by atoms with Gasteiger partial charge < -0.3 is 9.76 Å². The van der Waals surface area contributed by atoms with Gasteiger partial charge in [0.25, 0.3) is 0 Å². The minimum Gasteiger partial charge on any atom is -0.512 e. The second kappa shape index (κ2) is 8.60. The van der Waals surface area contributed by atoms with Crippen LogP contribution in [-0.4, -0.2) is 23.3 Å². The molecule has 0 bridgehead atoms. The quantitative estimate of drug-likeness (QED) is 0.437. The third-order valence-electron chi connectivity index (χ3n) is 6.37. The van der Waals surface area contributed by atoms with E-state index in [2.05, 4.69) is 67.3 Å². The Hall–Kier alpha value is -1.31. The van der Waals surface area contributed by atoms with Crippen LogP contribution in [0.25, 0.3) is 0 Å². The predicted octanol–water partition coefficient (Wildman–Crippen LogP) is 6.06. The van der Waals surface area contributed by atoms with Gasteiger partial charge in [-0.05, 0) is 62.3 Å². The maximum absolute atomic E-state index is 9.87. The first-order chi connectivity index (χ1) is 13.2. The Labute approximate surface area is 173 Å². The van der Waals surface area contributed by atoms with Gasteiger partial charge in [-0.25, -0.2) is 0 Å². The Morgan fingerprint density at radius 1 is 1.07 bits per heavy atom. The van der Waals surface area contributed by atoms with Crippen LogP contribution in [0.4, 0.5) is 0 Å². The molecule has 0 saturated heterocycles. The molecule has 0 aliphatic heterocycles. The standard InChI is InChI=1S/C24H34BO2P/c1-23(2,24(3,4)28)27-25-21-12-6-10-19(15-21)17-8-5-9-18(14-17)20-11-7-13-22(26)16-20/h7,9,11-15,20,25-26H,5-6,8,10,16,28H2,1-4H3. The van der Waals surface area contributed by atoms with Gasteiger partial charge in [0.05, 0.1) is 11.4 Å². The fraction of sp³-hybridized carbons (Fsp3) is 0.500. The Morgan fingerprint density at radius 2 is 1.75 bits per heavy atom. The average molecular weight is 396 g/mol. The molecule has 4 heteroatoms. The molecule has 0 heterocycles. The molecule has 0 aromatic carbocycles. The summed E-state index contributed by atoms with van der Waals surface area (Å²) in [5.41, 5.74) is 5.34. The zero-order valence-electron chi connectivity index (χ0n) is 17.8. The first-order valence-electron chi connectivity index (χ1n) is 10.5. The number of allylic oxidation sites excluding steroid dienone is 12. The molecule has 0 saturated carbocycles. The minimum absolute atomic E-state index is 0.0217. The van der Waals surface area contributed by atoms with Crippen LogP contribution < -0.4 is 0 Å². The molecule has 3 aliphatic carbocycles. The highest BCUT2D eigenvalue weighted by molar-refractivity contribution is 7.19. The van der Waals surface area contributed by atoms with Crippen molar-refractivity contribution in [2.24, 2.45) is 5.92 Å². The molecule has 0 aromatic rings. The SMILES string of the molecule is CC(C)(P)C(C)(C)OBC1=CCCC(C2=CC(C3C=CC=C(O)C3)=CCC2)=C1. The Morgan fingerprint density at radius 3 is 2.43 bits per heavy atom. The predicted molar refractivity (Wildman–Crippen MR) is 125 cm³/mol. The molecular weight excluding hydrogens is 362 g/mol. The summed E-state index contributed by atoms with van der Waals surface area (Å²) in [6.07, 6.45) is 20.4. The zero-order valence-corrected chi connectivity index (χ0v) is 18.9. The van der Waals surface area contributed by atoms with E-state index in [1.54, 1.807) is 6.08 Å². The third-order valence-corrected chi connectivity index (χ3v) is 7.06. The van der Waals surface area contributed by atoms with E-state index in [4.69, 9.17) is 4.65 Å². The van der Waals surface area contributed by atoms with Gasteiger partial charge in [-0.1, -0.05) is 55.8 Å². The van der Waals surface area contributed by atoms with E-state index < -0.39 is 0 Å². The molecule has 0 amide bonds. The molecule has 1 N–H and O–H groups in total. The van der Waals surface area contributed by atoms with E-state index in [9.17, 15) is 5.11 Å². The number of aliphatic hydroxyl groups excluding tert-OH is 1. The summed E-state index contributed by atoms with van der Waals surface area (Å²) >= 11 is 0. The topological polar surface area (TPSA) is 29.5 Å². The number of rotatable bonds is 6. The first-order valence-corrected chi connectivity index (χ1v) is 11.0. The lowest BCUT2D eigenvalue weighted by Crippen LogP contribution is -2.43. The monoisotopic (exact) mass is 396 g/mol. The molecule has 28 heavy (non-hydrogen) atoms. The lowest BCUT2D eigenvalue weighted by molar-refractivity contribution is 0.0832. The van der Waals surface area contributed by atoms with Crippen molar-refractivity contribution in [3.05, 3.63) is 70.5 Å². The van der Waals surface area contributed by atoms with Crippen molar-refractivity contribution in [3.8, 4) is 0 Å². The van der Waals surface area contributed by atoms with Crippen LogP contribution >= 0.6 is 9.24 Å². The molecular formula is C24H34BO2P. The van der Waals surface area contributed by atoms with Crippen molar-refractivity contribution >= 4 is 16.7 Å². The van der Waals surface area contributed by atoms with Gasteiger partial charge in [0, 0.05) is 17.5 Å². The average Bonchev–Trinajstić information content (AvgIpc) is 2.66. The van der Waals surface area contributed by atoms with Crippen LogP contribution in [-0.2, 0) is 4.65 Å². The summed E-state index contributed by atoms with van der Waals surface area (Å²) in [5.74, 6) is 0.778. The molecule has 2 unspecified atom stereocenters. The molecule has 3 rings (SSSR count). The van der Waals surface area contributed by atoms with Crippen molar-refractivity contribution in [2.75, 3.05) is 0 Å². The molecule has 0 fully saturated rings. The highest BCUT2D eigenvalue weighted by Gasteiger charge is 2.33. The molecule has 150 valence electrons. The fourth-order valence-electron chi connectivity index (χ4n) is 3.70. The van der Waals surface area contributed by atoms with Gasteiger partial charge in [0.2, 0.25) is 0 Å². The Balaban J connectivity index is 1.69. The number of hydrogen-bond acceptors (Lipinski definition) is 2. The number of hydrogen-bond donors (Lipinski definition) is 1. The van der Waals surface area contributed by atoms with E-state index in [0.29, 0.717) is 25.6 Å². The summed E-state index contributed by atoms with van der Waals surface area (Å²) in [5, 5.41) is 9.89. The summed E-state index contributed by atoms with van der Waals surface area (Å²) in [7, 11) is 3.57. The van der Waals surface area contributed by atoms with E-state index in [1.807, 2.05) is 6.08 Å².